The third-order valence-corrected chi connectivity index (χ3v) is 7.16. The van der Waals surface area contributed by atoms with E-state index >= 15 is 0 Å². The number of rotatable bonds is 3. The highest BCUT2D eigenvalue weighted by molar-refractivity contribution is 7.89. The van der Waals surface area contributed by atoms with E-state index in [1.807, 2.05) is 37.4 Å². The lowest BCUT2D eigenvalue weighted by atomic mass is 10.00. The molecule has 1 N–H and O–H groups in total. The molecule has 1 aliphatic rings. The quantitative estimate of drug-likeness (QED) is 0.714. The number of para-hydroxylation sites is 1. The van der Waals surface area contributed by atoms with Crippen LogP contribution in [0, 0.1) is 6.92 Å². The summed E-state index contributed by atoms with van der Waals surface area (Å²) in [5.74, 6) is 0. The van der Waals surface area contributed by atoms with Gasteiger partial charge in [-0.25, -0.2) is 8.42 Å². The summed E-state index contributed by atoms with van der Waals surface area (Å²) in [6, 6.07) is 13.0. The minimum atomic E-state index is -3.51. The lowest BCUT2D eigenvalue weighted by Gasteiger charge is -2.26. The van der Waals surface area contributed by atoms with Gasteiger partial charge in [-0.15, -0.1) is 0 Å². The Labute approximate surface area is 158 Å². The third-order valence-electron chi connectivity index (χ3n) is 4.87. The van der Waals surface area contributed by atoms with Crippen molar-refractivity contribution in [1.82, 2.24) is 9.29 Å². The van der Waals surface area contributed by atoms with Crippen molar-refractivity contribution < 1.29 is 8.42 Å². The number of hydrogen-bond donors (Lipinski definition) is 1. The molecular formula is C20H19ClN2O2S. The van der Waals surface area contributed by atoms with E-state index < -0.39 is 10.0 Å². The maximum atomic E-state index is 12.9. The number of aryl methyl sites for hydroxylation is 1. The normalized spacial score (nSPS) is 16.0. The third kappa shape index (κ3) is 2.96. The lowest BCUT2D eigenvalue weighted by Crippen LogP contribution is -2.34. The zero-order chi connectivity index (χ0) is 18.3. The maximum Gasteiger partial charge on any atom is 0.243 e. The molecule has 0 saturated heterocycles. The molecule has 134 valence electrons. The van der Waals surface area contributed by atoms with Crippen LogP contribution in [0.3, 0.4) is 0 Å². The number of aromatic amines is 1. The standard InChI is InChI=1S/C20H19ClN2O2S/c1-14-12-16(6-7-19(14)21)26(24,25)23-10-8-15(9-11-23)18-13-22-20-5-3-2-4-17(18)20/h2-8,12-13,22H,9-11H2,1H3. The summed E-state index contributed by atoms with van der Waals surface area (Å²) >= 11 is 6.02. The fraction of sp³-hybridized carbons (Fsp3) is 0.200. The van der Waals surface area contributed by atoms with Crippen LogP contribution in [-0.4, -0.2) is 30.8 Å². The number of sulfonamides is 1. The summed E-state index contributed by atoms with van der Waals surface area (Å²) in [6.45, 7) is 2.65. The molecule has 0 amide bonds. The largest absolute Gasteiger partial charge is 0.361 e. The van der Waals surface area contributed by atoms with Gasteiger partial charge in [-0.1, -0.05) is 35.9 Å². The molecule has 0 spiro atoms. The average molecular weight is 387 g/mol. The molecule has 4 rings (SSSR count). The zero-order valence-corrected chi connectivity index (χ0v) is 15.9. The number of nitrogens with one attached hydrogen (secondary N) is 1. The monoisotopic (exact) mass is 386 g/mol. The van der Waals surface area contributed by atoms with Crippen molar-refractivity contribution >= 4 is 38.1 Å². The summed E-state index contributed by atoms with van der Waals surface area (Å²) in [5.41, 5.74) is 4.19. The fourth-order valence-corrected chi connectivity index (χ4v) is 4.96. The van der Waals surface area contributed by atoms with Crippen LogP contribution in [0.4, 0.5) is 0 Å². The summed E-state index contributed by atoms with van der Waals surface area (Å²) in [4.78, 5) is 3.57. The first-order valence-corrected chi connectivity index (χ1v) is 10.3. The second kappa shape index (κ2) is 6.58. The van der Waals surface area contributed by atoms with Gasteiger partial charge in [0.15, 0.2) is 0 Å². The molecule has 1 aliphatic heterocycles. The Balaban J connectivity index is 1.61. The van der Waals surface area contributed by atoms with Gasteiger partial charge in [-0.05, 0) is 48.7 Å². The molecule has 0 atom stereocenters. The predicted octanol–water partition coefficient (Wildman–Crippen LogP) is 4.61. The molecule has 0 radical (unpaired) electrons. The van der Waals surface area contributed by atoms with E-state index in [0.29, 0.717) is 29.4 Å². The molecule has 2 heterocycles. The highest BCUT2D eigenvalue weighted by Gasteiger charge is 2.27. The number of halogens is 1. The number of H-pyrrole nitrogens is 1. The van der Waals surface area contributed by atoms with E-state index in [4.69, 9.17) is 11.6 Å². The predicted molar refractivity (Wildman–Crippen MR) is 106 cm³/mol. The van der Waals surface area contributed by atoms with Crippen LogP contribution in [0.25, 0.3) is 16.5 Å². The van der Waals surface area contributed by atoms with Crippen molar-refractivity contribution in [2.45, 2.75) is 18.2 Å². The van der Waals surface area contributed by atoms with Gasteiger partial charge in [-0.2, -0.15) is 4.31 Å². The molecule has 0 fully saturated rings. The Kier molecular flexibility index (Phi) is 4.39. The SMILES string of the molecule is Cc1cc(S(=O)(=O)N2CC=C(c3c[nH]c4ccccc34)CC2)ccc1Cl. The smallest absolute Gasteiger partial charge is 0.243 e. The molecule has 0 aliphatic carbocycles. The Hall–Kier alpha value is -2.08. The summed E-state index contributed by atoms with van der Waals surface area (Å²) in [7, 11) is -3.51. The van der Waals surface area contributed by atoms with Gasteiger partial charge in [0, 0.05) is 40.8 Å². The van der Waals surface area contributed by atoms with Crippen LogP contribution in [-0.2, 0) is 10.0 Å². The Bertz CT molecular complexity index is 1120. The molecule has 3 aromatic rings. The highest BCUT2D eigenvalue weighted by atomic mass is 35.5. The topological polar surface area (TPSA) is 53.2 Å². The van der Waals surface area contributed by atoms with Crippen molar-refractivity contribution in [2.24, 2.45) is 0 Å². The average Bonchev–Trinajstić information content (AvgIpc) is 3.08. The molecule has 1 aromatic heterocycles. The van der Waals surface area contributed by atoms with Crippen molar-refractivity contribution in [2.75, 3.05) is 13.1 Å². The van der Waals surface area contributed by atoms with Crippen molar-refractivity contribution in [3.63, 3.8) is 0 Å². The van der Waals surface area contributed by atoms with E-state index in [0.717, 1.165) is 16.6 Å². The first-order chi connectivity index (χ1) is 12.5. The molecular weight excluding hydrogens is 368 g/mol. The van der Waals surface area contributed by atoms with E-state index in [1.165, 1.54) is 15.3 Å². The Morgan fingerprint density at radius 1 is 1.15 bits per heavy atom. The number of aromatic nitrogens is 1. The fourth-order valence-electron chi connectivity index (χ4n) is 3.38. The van der Waals surface area contributed by atoms with Gasteiger partial charge in [0.1, 0.15) is 0 Å². The molecule has 4 nitrogen and oxygen atoms in total. The number of benzene rings is 2. The number of hydrogen-bond acceptors (Lipinski definition) is 2. The minimum absolute atomic E-state index is 0.295. The van der Waals surface area contributed by atoms with E-state index in [9.17, 15) is 8.42 Å². The van der Waals surface area contributed by atoms with E-state index in [1.54, 1.807) is 18.2 Å². The maximum absolute atomic E-state index is 12.9. The van der Waals surface area contributed by atoms with Gasteiger partial charge in [0.05, 0.1) is 4.90 Å². The van der Waals surface area contributed by atoms with Crippen molar-refractivity contribution in [3.8, 4) is 0 Å². The summed E-state index contributed by atoms with van der Waals surface area (Å²) in [5, 5.41) is 1.74. The number of nitrogens with zero attached hydrogens (tertiary/aromatic N) is 1. The minimum Gasteiger partial charge on any atom is -0.361 e. The molecule has 26 heavy (non-hydrogen) atoms. The van der Waals surface area contributed by atoms with Gasteiger partial charge in [-0.3, -0.25) is 0 Å². The van der Waals surface area contributed by atoms with Gasteiger partial charge in [0.2, 0.25) is 10.0 Å². The van der Waals surface area contributed by atoms with Gasteiger partial charge >= 0.3 is 0 Å². The first-order valence-electron chi connectivity index (χ1n) is 8.48. The van der Waals surface area contributed by atoms with Crippen LogP contribution in [0.15, 0.2) is 59.6 Å². The summed E-state index contributed by atoms with van der Waals surface area (Å²) in [6.07, 6.45) is 4.70. The van der Waals surface area contributed by atoms with Crippen LogP contribution < -0.4 is 0 Å². The van der Waals surface area contributed by atoms with Crippen molar-refractivity contribution in [3.05, 3.63) is 70.9 Å². The molecule has 6 heteroatoms. The lowest BCUT2D eigenvalue weighted by molar-refractivity contribution is 0.441. The molecule has 0 saturated carbocycles. The van der Waals surface area contributed by atoms with Gasteiger partial charge in [0.25, 0.3) is 0 Å². The van der Waals surface area contributed by atoms with Crippen LogP contribution in [0.2, 0.25) is 5.02 Å². The second-order valence-corrected chi connectivity index (χ2v) is 8.85. The number of fused-ring (bicyclic) bond motifs is 1. The summed E-state index contributed by atoms with van der Waals surface area (Å²) < 4.78 is 27.3. The van der Waals surface area contributed by atoms with Crippen molar-refractivity contribution in [1.29, 1.82) is 0 Å². The first kappa shape index (κ1) is 17.3. The van der Waals surface area contributed by atoms with Crippen LogP contribution >= 0.6 is 11.6 Å². The second-order valence-electron chi connectivity index (χ2n) is 6.50. The molecule has 0 unspecified atom stereocenters. The van der Waals surface area contributed by atoms with E-state index in [-0.39, 0.29) is 0 Å². The Morgan fingerprint density at radius 2 is 1.96 bits per heavy atom. The zero-order valence-electron chi connectivity index (χ0n) is 14.4. The van der Waals surface area contributed by atoms with E-state index in [2.05, 4.69) is 11.1 Å². The van der Waals surface area contributed by atoms with Crippen LogP contribution in [0.1, 0.15) is 17.5 Å². The highest BCUT2D eigenvalue weighted by Crippen LogP contribution is 2.31. The van der Waals surface area contributed by atoms with Gasteiger partial charge < -0.3 is 4.98 Å². The Morgan fingerprint density at radius 3 is 2.69 bits per heavy atom. The molecule has 0 bridgehead atoms. The van der Waals surface area contributed by atoms with Crippen LogP contribution in [0.5, 0.6) is 0 Å². The molecule has 2 aromatic carbocycles.